The van der Waals surface area contributed by atoms with Crippen LogP contribution in [0.3, 0.4) is 0 Å². The summed E-state index contributed by atoms with van der Waals surface area (Å²) in [5.41, 5.74) is 1.66. The first-order valence-corrected chi connectivity index (χ1v) is 9.21. The molecule has 0 heterocycles. The second-order valence-corrected chi connectivity index (χ2v) is 6.69. The van der Waals surface area contributed by atoms with E-state index in [0.29, 0.717) is 5.69 Å². The SMILES string of the molecule is O=C(Nc1cc(Cl)cc(C(=O)Nc2cccc(C(=O)O)c2)c1)OCc1ccccc1. The highest BCUT2D eigenvalue weighted by Crippen LogP contribution is 2.21. The van der Waals surface area contributed by atoms with E-state index in [0.717, 1.165) is 5.56 Å². The number of hydrogen-bond acceptors (Lipinski definition) is 4. The summed E-state index contributed by atoms with van der Waals surface area (Å²) in [6.45, 7) is 0.0977. The molecular formula is C22H17ClN2O5. The van der Waals surface area contributed by atoms with Gasteiger partial charge in [-0.2, -0.15) is 0 Å². The van der Waals surface area contributed by atoms with Crippen LogP contribution in [-0.4, -0.2) is 23.1 Å². The maximum atomic E-state index is 12.5. The van der Waals surface area contributed by atoms with E-state index in [9.17, 15) is 14.4 Å². The van der Waals surface area contributed by atoms with E-state index in [1.54, 1.807) is 6.07 Å². The van der Waals surface area contributed by atoms with E-state index >= 15 is 0 Å². The van der Waals surface area contributed by atoms with Crippen molar-refractivity contribution >= 4 is 40.9 Å². The van der Waals surface area contributed by atoms with Crippen LogP contribution in [-0.2, 0) is 11.3 Å². The summed E-state index contributed by atoms with van der Waals surface area (Å²) in [6.07, 6.45) is -0.693. The van der Waals surface area contributed by atoms with Crippen LogP contribution in [0.2, 0.25) is 5.02 Å². The Bertz CT molecular complexity index is 1090. The fourth-order valence-corrected chi connectivity index (χ4v) is 2.84. The molecule has 0 spiro atoms. The maximum Gasteiger partial charge on any atom is 0.411 e. The van der Waals surface area contributed by atoms with Crippen molar-refractivity contribution in [1.29, 1.82) is 0 Å². The molecule has 2 amide bonds. The predicted molar refractivity (Wildman–Crippen MR) is 113 cm³/mol. The number of hydrogen-bond donors (Lipinski definition) is 3. The van der Waals surface area contributed by atoms with Crippen LogP contribution < -0.4 is 10.6 Å². The topological polar surface area (TPSA) is 105 Å². The van der Waals surface area contributed by atoms with Crippen molar-refractivity contribution in [1.82, 2.24) is 0 Å². The zero-order valence-corrected chi connectivity index (χ0v) is 16.3. The number of carboxylic acid groups (broad SMARTS) is 1. The molecule has 0 aromatic heterocycles. The number of ether oxygens (including phenoxy) is 1. The number of amides is 2. The Morgan fingerprint density at radius 3 is 2.30 bits per heavy atom. The second kappa shape index (κ2) is 9.58. The lowest BCUT2D eigenvalue weighted by Gasteiger charge is -2.10. The van der Waals surface area contributed by atoms with Crippen molar-refractivity contribution in [2.45, 2.75) is 6.61 Å². The van der Waals surface area contributed by atoms with Gasteiger partial charge in [0.05, 0.1) is 5.56 Å². The lowest BCUT2D eigenvalue weighted by Crippen LogP contribution is -2.16. The van der Waals surface area contributed by atoms with Crippen LogP contribution >= 0.6 is 11.6 Å². The average molecular weight is 425 g/mol. The molecule has 0 radical (unpaired) electrons. The fourth-order valence-electron chi connectivity index (χ4n) is 2.60. The minimum absolute atomic E-state index is 0.0439. The van der Waals surface area contributed by atoms with Gasteiger partial charge < -0.3 is 15.2 Å². The van der Waals surface area contributed by atoms with Crippen molar-refractivity contribution in [3.8, 4) is 0 Å². The third kappa shape index (κ3) is 5.83. The molecule has 8 heteroatoms. The number of nitrogens with one attached hydrogen (secondary N) is 2. The Morgan fingerprint density at radius 2 is 1.57 bits per heavy atom. The molecule has 0 aliphatic carbocycles. The van der Waals surface area contributed by atoms with Crippen molar-refractivity contribution in [3.63, 3.8) is 0 Å². The van der Waals surface area contributed by atoms with Crippen LogP contribution in [0.25, 0.3) is 0 Å². The van der Waals surface area contributed by atoms with E-state index in [1.165, 1.54) is 36.4 Å². The lowest BCUT2D eigenvalue weighted by molar-refractivity contribution is 0.0696. The van der Waals surface area contributed by atoms with Crippen molar-refractivity contribution in [2.75, 3.05) is 10.6 Å². The van der Waals surface area contributed by atoms with Gasteiger partial charge in [-0.25, -0.2) is 9.59 Å². The number of benzene rings is 3. The van der Waals surface area contributed by atoms with Gasteiger partial charge in [0.2, 0.25) is 0 Å². The van der Waals surface area contributed by atoms with Crippen LogP contribution in [0.1, 0.15) is 26.3 Å². The number of carboxylic acids is 1. The standard InChI is InChI=1S/C22H17ClN2O5/c23-17-9-16(20(26)24-18-8-4-7-15(10-18)21(27)28)11-19(12-17)25-22(29)30-13-14-5-2-1-3-6-14/h1-12H,13H2,(H,24,26)(H,25,29)(H,27,28). The van der Waals surface area contributed by atoms with E-state index < -0.39 is 18.0 Å². The Labute approximate surface area is 177 Å². The summed E-state index contributed by atoms with van der Waals surface area (Å²) in [5.74, 6) is -1.62. The van der Waals surface area contributed by atoms with Gasteiger partial charge in [0.25, 0.3) is 5.91 Å². The molecule has 3 aromatic carbocycles. The van der Waals surface area contributed by atoms with Gasteiger partial charge in [0, 0.05) is 22.0 Å². The van der Waals surface area contributed by atoms with E-state index in [2.05, 4.69) is 10.6 Å². The maximum absolute atomic E-state index is 12.5. The van der Waals surface area contributed by atoms with Gasteiger partial charge in [-0.05, 0) is 42.0 Å². The molecule has 7 nitrogen and oxygen atoms in total. The Balaban J connectivity index is 1.66. The molecule has 3 aromatic rings. The molecule has 0 unspecified atom stereocenters. The number of rotatable bonds is 6. The Kier molecular flexibility index (Phi) is 6.67. The number of carbonyl (C=O) groups excluding carboxylic acids is 2. The number of halogens is 1. The highest BCUT2D eigenvalue weighted by Gasteiger charge is 2.12. The third-order valence-corrected chi connectivity index (χ3v) is 4.20. The summed E-state index contributed by atoms with van der Waals surface area (Å²) in [7, 11) is 0. The monoisotopic (exact) mass is 424 g/mol. The lowest BCUT2D eigenvalue weighted by atomic mass is 10.1. The molecule has 3 rings (SSSR count). The summed E-state index contributed by atoms with van der Waals surface area (Å²) >= 11 is 6.07. The zero-order chi connectivity index (χ0) is 21.5. The summed E-state index contributed by atoms with van der Waals surface area (Å²) in [5, 5.41) is 14.4. The first-order chi connectivity index (χ1) is 14.4. The summed E-state index contributed by atoms with van der Waals surface area (Å²) in [4.78, 5) is 35.6. The summed E-state index contributed by atoms with van der Waals surface area (Å²) < 4.78 is 5.15. The van der Waals surface area contributed by atoms with Gasteiger partial charge in [0.1, 0.15) is 6.61 Å². The van der Waals surface area contributed by atoms with Crippen LogP contribution in [0, 0.1) is 0 Å². The molecular weight excluding hydrogens is 408 g/mol. The van der Waals surface area contributed by atoms with E-state index in [-0.39, 0.29) is 28.4 Å². The molecule has 0 atom stereocenters. The van der Waals surface area contributed by atoms with Crippen LogP contribution in [0.15, 0.2) is 72.8 Å². The number of carbonyl (C=O) groups is 3. The largest absolute Gasteiger partial charge is 0.478 e. The van der Waals surface area contributed by atoms with Gasteiger partial charge >= 0.3 is 12.1 Å². The minimum atomic E-state index is -1.10. The van der Waals surface area contributed by atoms with Gasteiger partial charge in [-0.1, -0.05) is 48.0 Å². The molecule has 0 aliphatic rings. The molecule has 30 heavy (non-hydrogen) atoms. The molecule has 152 valence electrons. The van der Waals surface area contributed by atoms with Crippen LogP contribution in [0.4, 0.5) is 16.2 Å². The summed E-state index contributed by atoms with van der Waals surface area (Å²) in [6, 6.07) is 19.4. The van der Waals surface area contributed by atoms with Crippen molar-refractivity contribution in [2.24, 2.45) is 0 Å². The third-order valence-electron chi connectivity index (χ3n) is 3.99. The predicted octanol–water partition coefficient (Wildman–Crippen LogP) is 5.04. The number of anilines is 2. The molecule has 0 saturated heterocycles. The first-order valence-electron chi connectivity index (χ1n) is 8.84. The molecule has 3 N–H and O–H groups in total. The average Bonchev–Trinajstić information content (AvgIpc) is 2.72. The first kappa shape index (κ1) is 20.9. The molecule has 0 saturated carbocycles. The van der Waals surface area contributed by atoms with Gasteiger partial charge in [-0.3, -0.25) is 10.1 Å². The number of aromatic carboxylic acids is 1. The fraction of sp³-hybridized carbons (Fsp3) is 0.0455. The highest BCUT2D eigenvalue weighted by molar-refractivity contribution is 6.31. The van der Waals surface area contributed by atoms with Gasteiger partial charge in [0.15, 0.2) is 0 Å². The van der Waals surface area contributed by atoms with E-state index in [4.69, 9.17) is 21.4 Å². The molecule has 0 bridgehead atoms. The second-order valence-electron chi connectivity index (χ2n) is 6.26. The molecule has 0 fully saturated rings. The van der Waals surface area contributed by atoms with Crippen LogP contribution in [0.5, 0.6) is 0 Å². The smallest absolute Gasteiger partial charge is 0.411 e. The Morgan fingerprint density at radius 1 is 0.833 bits per heavy atom. The van der Waals surface area contributed by atoms with E-state index in [1.807, 2.05) is 30.3 Å². The minimum Gasteiger partial charge on any atom is -0.478 e. The molecule has 0 aliphatic heterocycles. The van der Waals surface area contributed by atoms with Crippen molar-refractivity contribution in [3.05, 3.63) is 94.5 Å². The normalized spacial score (nSPS) is 10.2. The Hall–Kier alpha value is -3.84. The quantitative estimate of drug-likeness (QED) is 0.514. The highest BCUT2D eigenvalue weighted by atomic mass is 35.5. The van der Waals surface area contributed by atoms with Crippen molar-refractivity contribution < 1.29 is 24.2 Å². The zero-order valence-electron chi connectivity index (χ0n) is 15.6. The van der Waals surface area contributed by atoms with Gasteiger partial charge in [-0.15, -0.1) is 0 Å².